The number of benzene rings is 2. The Morgan fingerprint density at radius 3 is 1.29 bits per heavy atom. The van der Waals surface area contributed by atoms with Gasteiger partial charge < -0.3 is 0 Å². The number of pyridine rings is 2. The van der Waals surface area contributed by atoms with Gasteiger partial charge in [0.15, 0.2) is 0 Å². The van der Waals surface area contributed by atoms with Gasteiger partial charge in [0.1, 0.15) is 0 Å². The summed E-state index contributed by atoms with van der Waals surface area (Å²) in [5, 5.41) is 2.40. The summed E-state index contributed by atoms with van der Waals surface area (Å²) in [7, 11) is 0. The summed E-state index contributed by atoms with van der Waals surface area (Å²) in [5.41, 5.74) is 2.12. The van der Waals surface area contributed by atoms with E-state index in [0.29, 0.717) is 0 Å². The van der Waals surface area contributed by atoms with E-state index in [1.54, 1.807) is 0 Å². The molecule has 0 saturated carbocycles. The number of aromatic nitrogens is 2. The topological polar surface area (TPSA) is 25.8 Å². The first-order valence-electron chi connectivity index (χ1n) is 6.53. The minimum absolute atomic E-state index is 0. The normalized spacial score (nSPS) is 9.52. The Balaban J connectivity index is 0.000000147. The number of rotatable bonds is 0. The summed E-state index contributed by atoms with van der Waals surface area (Å²) in [6.07, 6.45) is 3.62. The van der Waals surface area contributed by atoms with Crippen LogP contribution in [0.3, 0.4) is 0 Å². The molecule has 1 radical (unpaired) electrons. The molecule has 2 aromatic heterocycles. The van der Waals surface area contributed by atoms with Crippen molar-refractivity contribution in [3.05, 3.63) is 85.2 Å². The molecule has 0 N–H and O–H groups in total. The second kappa shape index (κ2) is 7.63. The van der Waals surface area contributed by atoms with Crippen LogP contribution in [0.15, 0.2) is 85.2 Å². The van der Waals surface area contributed by atoms with Crippen LogP contribution in [0.2, 0.25) is 0 Å². The number of para-hydroxylation sites is 2. The molecule has 105 valence electrons. The van der Waals surface area contributed by atoms with Gasteiger partial charge in [-0.3, -0.25) is 9.97 Å². The number of hydrogen-bond acceptors (Lipinski definition) is 2. The van der Waals surface area contributed by atoms with Crippen LogP contribution in [-0.4, -0.2) is 9.97 Å². The fourth-order valence-corrected chi connectivity index (χ4v) is 2.03. The molecule has 2 heterocycles. The van der Waals surface area contributed by atoms with E-state index in [2.05, 4.69) is 34.2 Å². The van der Waals surface area contributed by atoms with Gasteiger partial charge >= 0.3 is 0 Å². The van der Waals surface area contributed by atoms with Crippen molar-refractivity contribution >= 4 is 21.8 Å². The van der Waals surface area contributed by atoms with E-state index in [0.717, 1.165) is 11.0 Å². The second-order valence-electron chi connectivity index (χ2n) is 4.39. The van der Waals surface area contributed by atoms with Gasteiger partial charge in [0.25, 0.3) is 0 Å². The van der Waals surface area contributed by atoms with Crippen LogP contribution in [0.5, 0.6) is 0 Å². The quantitative estimate of drug-likeness (QED) is 0.395. The number of fused-ring (bicyclic) bond motifs is 2. The van der Waals surface area contributed by atoms with Gasteiger partial charge in [0.2, 0.25) is 0 Å². The van der Waals surface area contributed by atoms with Crippen LogP contribution in [0.25, 0.3) is 21.8 Å². The summed E-state index contributed by atoms with van der Waals surface area (Å²) in [6.45, 7) is 0. The van der Waals surface area contributed by atoms with Crippen molar-refractivity contribution in [3.63, 3.8) is 0 Å². The van der Waals surface area contributed by atoms with E-state index in [4.69, 9.17) is 0 Å². The van der Waals surface area contributed by atoms with Crippen molar-refractivity contribution in [3.8, 4) is 0 Å². The minimum Gasteiger partial charge on any atom is -0.256 e. The van der Waals surface area contributed by atoms with Crippen LogP contribution in [0.1, 0.15) is 0 Å². The molecular weight excluding hydrogens is 436 g/mol. The van der Waals surface area contributed by atoms with Gasteiger partial charge in [-0.05, 0) is 24.3 Å². The average molecular weight is 451 g/mol. The van der Waals surface area contributed by atoms with Gasteiger partial charge in [-0.25, -0.2) is 0 Å². The van der Waals surface area contributed by atoms with Crippen molar-refractivity contribution in [1.29, 1.82) is 0 Å². The zero-order valence-electron chi connectivity index (χ0n) is 11.3. The fourth-order valence-electron chi connectivity index (χ4n) is 2.03. The molecule has 3 heteroatoms. The van der Waals surface area contributed by atoms with Gasteiger partial charge in [-0.1, -0.05) is 48.5 Å². The predicted octanol–water partition coefficient (Wildman–Crippen LogP) is 4.47. The smallest absolute Gasteiger partial charge is 0.0701 e. The molecule has 0 aliphatic rings. The van der Waals surface area contributed by atoms with Crippen molar-refractivity contribution in [2.45, 2.75) is 0 Å². The largest absolute Gasteiger partial charge is 0.256 e. The van der Waals surface area contributed by atoms with Crippen LogP contribution < -0.4 is 0 Å². The molecule has 0 aliphatic carbocycles. The van der Waals surface area contributed by atoms with Crippen molar-refractivity contribution in [1.82, 2.24) is 9.97 Å². The first kappa shape index (κ1) is 15.3. The van der Waals surface area contributed by atoms with Crippen molar-refractivity contribution in [2.24, 2.45) is 0 Å². The maximum absolute atomic E-state index is 4.18. The molecule has 0 bridgehead atoms. The summed E-state index contributed by atoms with van der Waals surface area (Å²) < 4.78 is 0. The van der Waals surface area contributed by atoms with Gasteiger partial charge in [-0.2, -0.15) is 0 Å². The van der Waals surface area contributed by atoms with E-state index < -0.39 is 0 Å². The number of hydrogen-bond donors (Lipinski definition) is 0. The SMILES string of the molecule is [Ir].c1ccc2ncccc2c1.c1ccc2ncccc2c1. The predicted molar refractivity (Wildman–Crippen MR) is 83.5 cm³/mol. The fraction of sp³-hybridized carbons (Fsp3) is 0. The molecule has 0 atom stereocenters. The van der Waals surface area contributed by atoms with Crippen molar-refractivity contribution in [2.75, 3.05) is 0 Å². The van der Waals surface area contributed by atoms with E-state index in [1.807, 2.05) is 60.9 Å². The maximum atomic E-state index is 4.18. The third-order valence-electron chi connectivity index (χ3n) is 3.02. The Morgan fingerprint density at radius 2 is 0.857 bits per heavy atom. The van der Waals surface area contributed by atoms with Gasteiger partial charge in [0, 0.05) is 43.3 Å². The Labute approximate surface area is 137 Å². The Hall–Kier alpha value is -2.09. The summed E-state index contributed by atoms with van der Waals surface area (Å²) in [5.74, 6) is 0. The maximum Gasteiger partial charge on any atom is 0.0701 e. The average Bonchev–Trinajstić information content (AvgIpc) is 2.56. The molecule has 0 unspecified atom stereocenters. The molecule has 0 saturated heterocycles. The van der Waals surface area contributed by atoms with E-state index in [9.17, 15) is 0 Å². The summed E-state index contributed by atoms with van der Waals surface area (Å²) in [4.78, 5) is 8.36. The Kier molecular flexibility index (Phi) is 5.56. The van der Waals surface area contributed by atoms with Gasteiger partial charge in [0.05, 0.1) is 11.0 Å². The van der Waals surface area contributed by atoms with Crippen LogP contribution in [-0.2, 0) is 20.1 Å². The van der Waals surface area contributed by atoms with E-state index in [1.165, 1.54) is 10.8 Å². The molecule has 0 fully saturated rings. The first-order valence-corrected chi connectivity index (χ1v) is 6.53. The molecule has 4 aromatic rings. The summed E-state index contributed by atoms with van der Waals surface area (Å²) >= 11 is 0. The number of nitrogens with zero attached hydrogens (tertiary/aromatic N) is 2. The van der Waals surface area contributed by atoms with E-state index >= 15 is 0 Å². The molecular formula is C18H14IrN2. The molecule has 2 aromatic carbocycles. The Morgan fingerprint density at radius 1 is 0.476 bits per heavy atom. The van der Waals surface area contributed by atoms with Crippen molar-refractivity contribution < 1.29 is 20.1 Å². The van der Waals surface area contributed by atoms with E-state index in [-0.39, 0.29) is 20.1 Å². The first-order chi connectivity index (χ1) is 9.93. The zero-order valence-corrected chi connectivity index (χ0v) is 13.7. The minimum atomic E-state index is 0. The zero-order chi connectivity index (χ0) is 13.6. The van der Waals surface area contributed by atoms with Crippen LogP contribution >= 0.6 is 0 Å². The second-order valence-corrected chi connectivity index (χ2v) is 4.39. The Bertz CT molecular complexity index is 628. The standard InChI is InChI=1S/2C9H7N.Ir/c2*1-2-6-9-8(4-1)5-3-7-10-9;/h2*1-7H;. The van der Waals surface area contributed by atoms with Gasteiger partial charge in [-0.15, -0.1) is 0 Å². The van der Waals surface area contributed by atoms with Crippen LogP contribution in [0.4, 0.5) is 0 Å². The van der Waals surface area contributed by atoms with Crippen LogP contribution in [0, 0.1) is 0 Å². The molecule has 0 spiro atoms. The summed E-state index contributed by atoms with van der Waals surface area (Å²) in [6, 6.07) is 24.2. The monoisotopic (exact) mass is 451 g/mol. The molecule has 21 heavy (non-hydrogen) atoms. The third-order valence-corrected chi connectivity index (χ3v) is 3.02. The molecule has 2 nitrogen and oxygen atoms in total. The third kappa shape index (κ3) is 3.94. The molecule has 0 amide bonds. The molecule has 0 aliphatic heterocycles. The molecule has 4 rings (SSSR count).